The molecule has 7 nitrogen and oxygen atoms in total. The minimum atomic E-state index is -1.42. The lowest BCUT2D eigenvalue weighted by molar-refractivity contribution is -0.164. The van der Waals surface area contributed by atoms with Gasteiger partial charge in [0.25, 0.3) is 0 Å². The maximum absolute atomic E-state index is 11.7. The van der Waals surface area contributed by atoms with E-state index in [9.17, 15) is 9.59 Å². The number of carbonyl (C=O) groups excluding carboxylic acids is 1. The minimum absolute atomic E-state index is 0.104. The Labute approximate surface area is 90.6 Å². The second-order valence-electron chi connectivity index (χ2n) is 3.97. The van der Waals surface area contributed by atoms with Crippen molar-refractivity contribution in [3.63, 3.8) is 0 Å². The number of nitrogens with zero attached hydrogens (tertiary/aromatic N) is 1. The largest absolute Gasteiger partial charge is 0.512 e. The Morgan fingerprint density at radius 1 is 1.69 bits per heavy atom. The molecule has 0 aromatic heterocycles. The number of ether oxygens (including phenoxy) is 2. The highest BCUT2D eigenvalue weighted by molar-refractivity contribution is 5.93. The number of β-lactam (4-membered cyclic amide) rings is 1. The molecule has 0 aliphatic carbocycles. The van der Waals surface area contributed by atoms with Crippen molar-refractivity contribution in [2.75, 3.05) is 6.73 Å². The average Bonchev–Trinajstić information content (AvgIpc) is 2.50. The Balaban J connectivity index is 1.95. The zero-order valence-corrected chi connectivity index (χ0v) is 8.47. The van der Waals surface area contributed by atoms with E-state index in [1.807, 2.05) is 0 Å². The highest BCUT2D eigenvalue weighted by Crippen LogP contribution is 2.42. The molecule has 3 aliphatic rings. The Bertz CT molecular complexity index is 418. The van der Waals surface area contributed by atoms with Crippen LogP contribution >= 0.6 is 0 Å². The fourth-order valence-corrected chi connectivity index (χ4v) is 2.49. The fourth-order valence-electron chi connectivity index (χ4n) is 2.49. The first kappa shape index (κ1) is 9.61. The molecule has 0 aromatic carbocycles. The molecule has 0 radical (unpaired) electrons. The Morgan fingerprint density at radius 2 is 2.44 bits per heavy atom. The molecule has 86 valence electrons. The van der Waals surface area contributed by atoms with Crippen molar-refractivity contribution in [1.29, 1.82) is 0 Å². The molecule has 3 rings (SSSR count). The number of nitrogens with one attached hydrogen (secondary N) is 1. The third-order valence-electron chi connectivity index (χ3n) is 3.19. The third kappa shape index (κ3) is 0.987. The quantitative estimate of drug-likeness (QED) is 0.461. The van der Waals surface area contributed by atoms with Crippen molar-refractivity contribution in [1.82, 2.24) is 10.2 Å². The van der Waals surface area contributed by atoms with Crippen molar-refractivity contribution >= 4 is 12.1 Å². The summed E-state index contributed by atoms with van der Waals surface area (Å²) in [5.41, 5.74) is 0.657. The highest BCUT2D eigenvalue weighted by atomic mass is 16.7. The predicted octanol–water partition coefficient (Wildman–Crippen LogP) is -0.549. The topological polar surface area (TPSA) is 88.1 Å². The molecule has 3 heterocycles. The average molecular weight is 226 g/mol. The molecule has 0 spiro atoms. The zero-order chi connectivity index (χ0) is 11.4. The van der Waals surface area contributed by atoms with Crippen LogP contribution in [0.25, 0.3) is 0 Å². The molecule has 7 heteroatoms. The van der Waals surface area contributed by atoms with Gasteiger partial charge < -0.3 is 14.6 Å². The van der Waals surface area contributed by atoms with Gasteiger partial charge in [0.05, 0.1) is 12.8 Å². The smallest absolute Gasteiger partial charge is 0.449 e. The Kier molecular flexibility index (Phi) is 1.78. The van der Waals surface area contributed by atoms with E-state index < -0.39 is 6.16 Å². The summed E-state index contributed by atoms with van der Waals surface area (Å²) >= 11 is 0. The number of carboxylic acid groups (broad SMARTS) is 1. The lowest BCUT2D eigenvalue weighted by atomic mass is 9.91. The molecule has 3 aliphatic heterocycles. The van der Waals surface area contributed by atoms with Gasteiger partial charge in [0, 0.05) is 5.57 Å². The Hall–Kier alpha value is -1.60. The van der Waals surface area contributed by atoms with Crippen molar-refractivity contribution in [3.8, 4) is 0 Å². The van der Waals surface area contributed by atoms with E-state index in [2.05, 4.69) is 10.1 Å². The van der Waals surface area contributed by atoms with Crippen LogP contribution in [0.4, 0.5) is 4.79 Å². The summed E-state index contributed by atoms with van der Waals surface area (Å²) < 4.78 is 10.1. The van der Waals surface area contributed by atoms with E-state index in [0.717, 1.165) is 0 Å². The van der Waals surface area contributed by atoms with E-state index in [1.54, 1.807) is 6.92 Å². The van der Waals surface area contributed by atoms with Crippen LogP contribution in [-0.2, 0) is 14.3 Å². The van der Waals surface area contributed by atoms with Crippen LogP contribution in [0, 0.1) is 0 Å². The lowest BCUT2D eigenvalue weighted by Crippen LogP contribution is -2.73. The van der Waals surface area contributed by atoms with Crippen LogP contribution in [0.3, 0.4) is 0 Å². The summed E-state index contributed by atoms with van der Waals surface area (Å²) in [5.74, 6) is -0.0566. The first-order chi connectivity index (χ1) is 7.61. The third-order valence-corrected chi connectivity index (χ3v) is 3.19. The van der Waals surface area contributed by atoms with E-state index in [0.29, 0.717) is 12.3 Å². The second-order valence-corrected chi connectivity index (χ2v) is 3.97. The van der Waals surface area contributed by atoms with Gasteiger partial charge in [-0.3, -0.25) is 15.0 Å². The van der Waals surface area contributed by atoms with Gasteiger partial charge in [-0.15, -0.1) is 0 Å². The number of carbonyl (C=O) groups is 2. The first-order valence-electron chi connectivity index (χ1n) is 4.91. The van der Waals surface area contributed by atoms with E-state index in [-0.39, 0.29) is 30.0 Å². The summed E-state index contributed by atoms with van der Waals surface area (Å²) in [6.07, 6.45) is -1.67. The molecule has 2 N–H and O–H groups in total. The van der Waals surface area contributed by atoms with Crippen LogP contribution in [0.1, 0.15) is 6.92 Å². The SMILES string of the molecule is CC1=C(OC(=O)O)N2C(=O)[C@H]3NCOC1[C@@H]32. The van der Waals surface area contributed by atoms with E-state index >= 15 is 0 Å². The molecule has 0 bridgehead atoms. The number of hydrogen-bond donors (Lipinski definition) is 2. The lowest BCUT2D eigenvalue weighted by Gasteiger charge is -2.47. The highest BCUT2D eigenvalue weighted by Gasteiger charge is 2.61. The molecule has 3 atom stereocenters. The molecule has 0 aromatic rings. The van der Waals surface area contributed by atoms with Crippen LogP contribution < -0.4 is 5.32 Å². The number of hydrogen-bond acceptors (Lipinski definition) is 5. The molecular formula is C9H10N2O5. The first-order valence-corrected chi connectivity index (χ1v) is 4.91. The summed E-state index contributed by atoms with van der Waals surface area (Å²) in [4.78, 5) is 23.6. The summed E-state index contributed by atoms with van der Waals surface area (Å²) in [7, 11) is 0. The fraction of sp³-hybridized carbons (Fsp3) is 0.556. The van der Waals surface area contributed by atoms with Crippen LogP contribution in [-0.4, -0.2) is 47.0 Å². The summed E-state index contributed by atoms with van der Waals surface area (Å²) in [6, 6.07) is -0.431. The van der Waals surface area contributed by atoms with Crippen molar-refractivity contribution in [2.24, 2.45) is 0 Å². The van der Waals surface area contributed by atoms with Gasteiger partial charge in [-0.25, -0.2) is 4.79 Å². The minimum Gasteiger partial charge on any atom is -0.449 e. The van der Waals surface area contributed by atoms with Gasteiger partial charge >= 0.3 is 6.16 Å². The van der Waals surface area contributed by atoms with Gasteiger partial charge in [0.1, 0.15) is 12.1 Å². The van der Waals surface area contributed by atoms with Crippen molar-refractivity contribution in [3.05, 3.63) is 11.5 Å². The predicted molar refractivity (Wildman–Crippen MR) is 49.1 cm³/mol. The number of rotatable bonds is 1. The maximum atomic E-state index is 11.7. The molecule has 16 heavy (non-hydrogen) atoms. The molecule has 1 amide bonds. The van der Waals surface area contributed by atoms with Crippen LogP contribution in [0.2, 0.25) is 0 Å². The summed E-state index contributed by atoms with van der Waals surface area (Å²) in [5, 5.41) is 11.5. The van der Waals surface area contributed by atoms with Crippen LogP contribution in [0.5, 0.6) is 0 Å². The molecule has 2 fully saturated rings. The van der Waals surface area contributed by atoms with E-state index in [1.165, 1.54) is 4.90 Å². The summed E-state index contributed by atoms with van der Waals surface area (Å²) in [6.45, 7) is 2.01. The van der Waals surface area contributed by atoms with Gasteiger partial charge in [0.2, 0.25) is 11.8 Å². The molecular weight excluding hydrogens is 216 g/mol. The molecule has 0 saturated carbocycles. The van der Waals surface area contributed by atoms with Crippen molar-refractivity contribution in [2.45, 2.75) is 25.1 Å². The normalized spacial score (nSPS) is 35.9. The Morgan fingerprint density at radius 3 is 3.12 bits per heavy atom. The van der Waals surface area contributed by atoms with Crippen LogP contribution in [0.15, 0.2) is 11.5 Å². The number of amides is 1. The van der Waals surface area contributed by atoms with E-state index in [4.69, 9.17) is 9.84 Å². The zero-order valence-electron chi connectivity index (χ0n) is 8.47. The van der Waals surface area contributed by atoms with Gasteiger partial charge in [0.15, 0.2) is 0 Å². The second kappa shape index (κ2) is 2.96. The standard InChI is InChI=1S/C9H10N2O5/c1-3-6-5-4(10-2-15-6)7(12)11(5)8(3)16-9(13)14/h4-6,10H,2H2,1H3,(H,13,14)/t4-,5+,6?/m0/s1. The monoisotopic (exact) mass is 226 g/mol. The maximum Gasteiger partial charge on any atom is 0.512 e. The van der Waals surface area contributed by atoms with Crippen molar-refractivity contribution < 1.29 is 24.2 Å². The van der Waals surface area contributed by atoms with Gasteiger partial charge in [-0.1, -0.05) is 0 Å². The van der Waals surface area contributed by atoms with Gasteiger partial charge in [-0.2, -0.15) is 0 Å². The van der Waals surface area contributed by atoms with Gasteiger partial charge in [-0.05, 0) is 6.92 Å². The molecule has 2 saturated heterocycles. The molecule has 1 unspecified atom stereocenters.